The lowest BCUT2D eigenvalue weighted by Crippen LogP contribution is -2.06. The number of hydrogen-bond acceptors (Lipinski definition) is 1. The zero-order chi connectivity index (χ0) is 12.5. The molecule has 0 N–H and O–H groups in total. The minimum absolute atomic E-state index is 0.739. The minimum atomic E-state index is -1.70. The Balaban J connectivity index is 2.20. The molecule has 0 aliphatic rings. The molecule has 0 aliphatic carbocycles. The maximum Gasteiger partial charge on any atom is 0.137 e. The summed E-state index contributed by atoms with van der Waals surface area (Å²) in [6, 6.07) is 6.02. The van der Waals surface area contributed by atoms with Crippen molar-refractivity contribution in [1.29, 1.82) is 0 Å². The van der Waals surface area contributed by atoms with E-state index in [1.54, 1.807) is 0 Å². The van der Waals surface area contributed by atoms with Crippen LogP contribution in [-0.2, 0) is 6.42 Å². The van der Waals surface area contributed by atoms with Crippen LogP contribution in [0.25, 0.3) is 5.65 Å². The van der Waals surface area contributed by atoms with E-state index in [9.17, 15) is 0 Å². The number of aromatic nitrogens is 2. The summed E-state index contributed by atoms with van der Waals surface area (Å²) < 4.78 is 2.03. The van der Waals surface area contributed by atoms with Gasteiger partial charge in [-0.1, -0.05) is 17.2 Å². The van der Waals surface area contributed by atoms with Crippen molar-refractivity contribution >= 4 is 14.8 Å². The molecule has 0 fully saturated rings. The lowest BCUT2D eigenvalue weighted by molar-refractivity contribution is 1.17. The molecule has 3 heteroatoms. The summed E-state index contributed by atoms with van der Waals surface area (Å²) in [4.78, 5) is 4.53. The molecule has 0 saturated heterocycles. The average molecular weight is 248 g/mol. The van der Waals surface area contributed by atoms with Crippen molar-refractivity contribution in [3.05, 3.63) is 36.3 Å². The number of hydrogen-bond donors (Lipinski definition) is 1. The van der Waals surface area contributed by atoms with E-state index in [4.69, 9.17) is 0 Å². The molecule has 2 rings (SSSR count). The third-order valence-corrected chi connectivity index (χ3v) is 3.26. The Morgan fingerprint density at radius 3 is 2.65 bits per heavy atom. The summed E-state index contributed by atoms with van der Waals surface area (Å²) in [5.74, 6) is 3.28. The van der Waals surface area contributed by atoms with Gasteiger partial charge < -0.3 is 4.40 Å². The summed E-state index contributed by atoms with van der Waals surface area (Å²) in [6.45, 7) is 0. The second-order valence-corrected chi connectivity index (χ2v) is 13.6. The molecule has 2 aromatic rings. The van der Waals surface area contributed by atoms with E-state index in [2.05, 4.69) is 47.4 Å². The Bertz CT molecular complexity index is 563. The van der Waals surface area contributed by atoms with Gasteiger partial charge in [0.1, 0.15) is 5.65 Å². The lowest BCUT2D eigenvalue weighted by Gasteiger charge is -2.40. The maximum atomic E-state index is 4.53. The van der Waals surface area contributed by atoms with Crippen LogP contribution >= 0.6 is 9.16 Å². The fraction of sp³-hybridized carbons (Fsp3) is 0.357. The number of thiol groups is 1. The van der Waals surface area contributed by atoms with Gasteiger partial charge in [0.25, 0.3) is 0 Å². The molecule has 0 spiro atoms. The molecule has 0 amide bonds. The van der Waals surface area contributed by atoms with E-state index in [1.165, 1.54) is 0 Å². The largest absolute Gasteiger partial charge is 0.307 e. The van der Waals surface area contributed by atoms with Crippen LogP contribution in [0.1, 0.15) is 5.69 Å². The Hall–Kier alpha value is -1.40. The quantitative estimate of drug-likeness (QED) is 0.606. The summed E-state index contributed by atoms with van der Waals surface area (Å²) >= 11 is 0. The second-order valence-electron chi connectivity index (χ2n) is 6.24. The van der Waals surface area contributed by atoms with Crippen LogP contribution in [0.4, 0.5) is 0 Å². The fourth-order valence-electron chi connectivity index (χ4n) is 1.52. The number of pyridine rings is 1. The van der Waals surface area contributed by atoms with Gasteiger partial charge in [0.2, 0.25) is 0 Å². The van der Waals surface area contributed by atoms with Gasteiger partial charge in [0.05, 0.1) is 12.1 Å². The Labute approximate surface area is 103 Å². The predicted octanol–water partition coefficient (Wildman–Crippen LogP) is 2.43. The van der Waals surface area contributed by atoms with Crippen molar-refractivity contribution in [3.8, 4) is 11.2 Å². The standard InChI is InChI=1S/C14H20N2S/c1-17(2,3,4)11-7-8-13-12-16-10-6-5-9-14(16)15-13/h5-6,9-10,12,17H,8H2,1-4H3. The number of rotatable bonds is 1. The van der Waals surface area contributed by atoms with Crippen molar-refractivity contribution < 1.29 is 0 Å². The van der Waals surface area contributed by atoms with Gasteiger partial charge >= 0.3 is 0 Å². The first kappa shape index (κ1) is 12.1. The van der Waals surface area contributed by atoms with Crippen LogP contribution in [-0.4, -0.2) is 34.4 Å². The molecule has 0 bridgehead atoms. The van der Waals surface area contributed by atoms with Crippen LogP contribution in [0, 0.1) is 11.2 Å². The topological polar surface area (TPSA) is 17.3 Å². The normalized spacial score (nSPS) is 13.8. The van der Waals surface area contributed by atoms with Crippen LogP contribution in [0.15, 0.2) is 30.6 Å². The van der Waals surface area contributed by atoms with Crippen molar-refractivity contribution in [2.45, 2.75) is 6.42 Å². The molecule has 2 aromatic heterocycles. The van der Waals surface area contributed by atoms with Gasteiger partial charge in [-0.15, -0.1) is 0 Å². The van der Waals surface area contributed by atoms with E-state index in [1.807, 2.05) is 28.8 Å². The fourth-order valence-corrected chi connectivity index (χ4v) is 2.23. The van der Waals surface area contributed by atoms with Crippen molar-refractivity contribution in [3.63, 3.8) is 0 Å². The molecule has 2 heterocycles. The van der Waals surface area contributed by atoms with E-state index in [-0.39, 0.29) is 0 Å². The van der Waals surface area contributed by atoms with Gasteiger partial charge in [-0.3, -0.25) is 0 Å². The molecule has 0 radical (unpaired) electrons. The van der Waals surface area contributed by atoms with Crippen LogP contribution in [0.5, 0.6) is 0 Å². The lowest BCUT2D eigenvalue weighted by atomic mass is 10.3. The minimum Gasteiger partial charge on any atom is -0.307 e. The maximum absolute atomic E-state index is 4.53. The van der Waals surface area contributed by atoms with Crippen molar-refractivity contribution in [2.75, 3.05) is 25.0 Å². The molecule has 0 saturated carbocycles. The third-order valence-electron chi connectivity index (χ3n) is 2.21. The SMILES string of the molecule is C[SH](C)(C)(C)C#CCc1cn2ccccc2n1. The summed E-state index contributed by atoms with van der Waals surface area (Å²) in [5, 5.41) is 3.42. The van der Waals surface area contributed by atoms with E-state index in [0.29, 0.717) is 0 Å². The highest BCUT2D eigenvalue weighted by Gasteiger charge is 2.13. The van der Waals surface area contributed by atoms with E-state index < -0.39 is 9.16 Å². The average Bonchev–Trinajstić information content (AvgIpc) is 2.56. The highest BCUT2D eigenvalue weighted by Crippen LogP contribution is 2.54. The molecule has 92 valence electrons. The van der Waals surface area contributed by atoms with Gasteiger partial charge in [-0.25, -0.2) is 14.1 Å². The van der Waals surface area contributed by atoms with Gasteiger partial charge in [0, 0.05) is 12.4 Å². The Morgan fingerprint density at radius 2 is 2.00 bits per heavy atom. The molecule has 0 aliphatic heterocycles. The van der Waals surface area contributed by atoms with Crippen LogP contribution in [0.2, 0.25) is 0 Å². The monoisotopic (exact) mass is 248 g/mol. The Kier molecular flexibility index (Phi) is 2.71. The van der Waals surface area contributed by atoms with E-state index >= 15 is 0 Å². The summed E-state index contributed by atoms with van der Waals surface area (Å²) in [7, 11) is -1.70. The summed E-state index contributed by atoms with van der Waals surface area (Å²) in [6.07, 6.45) is 13.9. The molecule has 17 heavy (non-hydrogen) atoms. The van der Waals surface area contributed by atoms with Crippen molar-refractivity contribution in [1.82, 2.24) is 9.38 Å². The van der Waals surface area contributed by atoms with Crippen LogP contribution in [0.3, 0.4) is 0 Å². The summed E-state index contributed by atoms with van der Waals surface area (Å²) in [5.41, 5.74) is 2.03. The van der Waals surface area contributed by atoms with E-state index in [0.717, 1.165) is 17.8 Å². The zero-order valence-electron chi connectivity index (χ0n) is 10.9. The highest BCUT2D eigenvalue weighted by molar-refractivity contribution is 8.51. The van der Waals surface area contributed by atoms with Crippen LogP contribution < -0.4 is 0 Å². The first-order valence-electron chi connectivity index (χ1n) is 5.73. The number of fused-ring (bicyclic) bond motifs is 1. The predicted molar refractivity (Wildman–Crippen MR) is 79.4 cm³/mol. The van der Waals surface area contributed by atoms with Gasteiger partial charge in [0.15, 0.2) is 0 Å². The highest BCUT2D eigenvalue weighted by atomic mass is 32.3. The smallest absolute Gasteiger partial charge is 0.137 e. The Morgan fingerprint density at radius 1 is 1.24 bits per heavy atom. The molecular weight excluding hydrogens is 228 g/mol. The molecule has 0 unspecified atom stereocenters. The number of nitrogens with zero attached hydrogens (tertiary/aromatic N) is 2. The molecule has 0 atom stereocenters. The first-order valence-corrected chi connectivity index (χ1v) is 9.76. The van der Waals surface area contributed by atoms with Gasteiger partial charge in [-0.05, 0) is 37.2 Å². The third kappa shape index (κ3) is 3.54. The van der Waals surface area contributed by atoms with Gasteiger partial charge in [-0.2, -0.15) is 0 Å². The van der Waals surface area contributed by atoms with Crippen molar-refractivity contribution in [2.24, 2.45) is 0 Å². The number of imidazole rings is 1. The molecule has 2 nitrogen and oxygen atoms in total. The second kappa shape index (κ2) is 3.82. The first-order chi connectivity index (χ1) is 7.80. The zero-order valence-corrected chi connectivity index (χ0v) is 11.8. The molecule has 0 aromatic carbocycles. The molecular formula is C14H20N2S.